The number of rotatable bonds is 8. The molecule has 2 amide bonds. The summed E-state index contributed by atoms with van der Waals surface area (Å²) in [5, 5.41) is 7.33. The second-order valence-electron chi connectivity index (χ2n) is 13.3. The van der Waals surface area contributed by atoms with Crippen molar-refractivity contribution >= 4 is 33.9 Å². The number of carbonyl (C=O) groups excluding carboxylic acids is 2. The molecule has 13 heteroatoms. The number of nitrogens with zero attached hydrogens (tertiary/aromatic N) is 6. The maximum atomic E-state index is 14.2. The number of halogens is 2. The summed E-state index contributed by atoms with van der Waals surface area (Å²) in [5.41, 5.74) is 10.3. The molecule has 0 radical (unpaired) electrons. The van der Waals surface area contributed by atoms with E-state index < -0.39 is 23.6 Å². The van der Waals surface area contributed by atoms with Gasteiger partial charge in [0.15, 0.2) is 5.82 Å². The van der Waals surface area contributed by atoms with Crippen LogP contribution in [0.3, 0.4) is 0 Å². The number of hydrogen-bond acceptors (Lipinski definition) is 7. The third kappa shape index (κ3) is 6.01. The van der Waals surface area contributed by atoms with Gasteiger partial charge in [-0.1, -0.05) is 0 Å². The van der Waals surface area contributed by atoms with Gasteiger partial charge < -0.3 is 24.9 Å². The quantitative estimate of drug-likeness (QED) is 0.235. The molecular weight excluding hydrogens is 630 g/mol. The molecular formula is C36H40F2N8O3. The molecule has 5 aromatic rings. The Morgan fingerprint density at radius 1 is 1.08 bits per heavy atom. The van der Waals surface area contributed by atoms with Crippen LogP contribution >= 0.6 is 0 Å². The minimum Gasteiger partial charge on any atom is -0.494 e. The zero-order valence-electron chi connectivity index (χ0n) is 28.3. The Hall–Kier alpha value is -4.88. The number of hydrogen-bond donors (Lipinski definition) is 2. The number of benzene rings is 2. The van der Waals surface area contributed by atoms with Gasteiger partial charge in [-0.3, -0.25) is 14.6 Å². The van der Waals surface area contributed by atoms with E-state index in [0.29, 0.717) is 47.4 Å². The second-order valence-corrected chi connectivity index (χ2v) is 13.3. The number of nitrogens with two attached hydrogens (primary N) is 1. The molecule has 2 aliphatic rings. The lowest BCUT2D eigenvalue weighted by Crippen LogP contribution is -2.55. The highest BCUT2D eigenvalue weighted by Crippen LogP contribution is 2.38. The third-order valence-electron chi connectivity index (χ3n) is 9.76. The van der Waals surface area contributed by atoms with Crippen LogP contribution in [0.15, 0.2) is 42.5 Å². The first-order chi connectivity index (χ1) is 23.4. The van der Waals surface area contributed by atoms with Crippen molar-refractivity contribution in [2.24, 2.45) is 18.7 Å². The summed E-state index contributed by atoms with van der Waals surface area (Å²) in [6, 6.07) is 10.6. The fraction of sp³-hybridized carbons (Fsp3) is 0.389. The van der Waals surface area contributed by atoms with E-state index in [1.54, 1.807) is 31.2 Å². The van der Waals surface area contributed by atoms with Gasteiger partial charge in [0.25, 0.3) is 11.8 Å². The summed E-state index contributed by atoms with van der Waals surface area (Å²) >= 11 is 0. The lowest BCUT2D eigenvalue weighted by Gasteiger charge is -2.38. The van der Waals surface area contributed by atoms with E-state index in [-0.39, 0.29) is 23.1 Å². The molecule has 2 fully saturated rings. The summed E-state index contributed by atoms with van der Waals surface area (Å²) in [5.74, 6) is -0.597. The zero-order chi connectivity index (χ0) is 34.7. The van der Waals surface area contributed by atoms with E-state index >= 15 is 0 Å². The molecule has 11 nitrogen and oxygen atoms in total. The number of fused-ring (bicyclic) bond motifs is 2. The first kappa shape index (κ1) is 32.7. The Bertz CT molecular complexity index is 2120. The van der Waals surface area contributed by atoms with Crippen LogP contribution in [0, 0.1) is 24.5 Å². The van der Waals surface area contributed by atoms with Crippen LogP contribution in [0.5, 0.6) is 5.75 Å². The third-order valence-corrected chi connectivity index (χ3v) is 9.76. The molecule has 0 spiro atoms. The van der Waals surface area contributed by atoms with Gasteiger partial charge in [-0.25, -0.2) is 23.8 Å². The summed E-state index contributed by atoms with van der Waals surface area (Å²) in [7, 11) is 5.40. The number of amides is 2. The highest BCUT2D eigenvalue weighted by atomic mass is 19.1. The number of hydrazine groups is 1. The summed E-state index contributed by atoms with van der Waals surface area (Å²) in [6.07, 6.45) is 3.05. The normalized spacial score (nSPS) is 17.6. The molecule has 3 N–H and O–H groups in total. The number of methoxy groups -OCH3 is 1. The van der Waals surface area contributed by atoms with E-state index in [1.807, 2.05) is 35.8 Å². The van der Waals surface area contributed by atoms with Crippen molar-refractivity contribution in [1.82, 2.24) is 34.4 Å². The topological polar surface area (TPSA) is 124 Å². The Morgan fingerprint density at radius 2 is 1.86 bits per heavy atom. The molecule has 0 bridgehead atoms. The Balaban J connectivity index is 1.26. The lowest BCUT2D eigenvalue weighted by molar-refractivity contribution is -0.0168. The van der Waals surface area contributed by atoms with Crippen LogP contribution < -0.4 is 15.8 Å². The molecule has 49 heavy (non-hydrogen) atoms. The van der Waals surface area contributed by atoms with Gasteiger partial charge in [0.05, 0.1) is 36.6 Å². The van der Waals surface area contributed by atoms with E-state index in [9.17, 15) is 18.4 Å². The number of aryl methyl sites for hydroxylation is 1. The molecule has 4 heterocycles. The minimum absolute atomic E-state index is 0.0570. The zero-order valence-corrected chi connectivity index (χ0v) is 28.3. The van der Waals surface area contributed by atoms with Gasteiger partial charge in [0.2, 0.25) is 0 Å². The molecule has 1 saturated carbocycles. The SMILES string of the molecule is COc1cc(C(=O)N2C[C@H](N)CCN2C)cc2nc(-c3cc4ccc([C@@H](C)NC(=O)c5cc(F)cc(F)c5C)nc4n3CC3CC3)n(C)c12. The molecule has 2 aromatic carbocycles. The van der Waals surface area contributed by atoms with Crippen LogP contribution in [0.4, 0.5) is 8.78 Å². The van der Waals surface area contributed by atoms with E-state index in [4.69, 9.17) is 20.4 Å². The fourth-order valence-corrected chi connectivity index (χ4v) is 6.67. The Labute approximate surface area is 282 Å². The van der Waals surface area contributed by atoms with Crippen LogP contribution in [-0.2, 0) is 13.6 Å². The van der Waals surface area contributed by atoms with Gasteiger partial charge >= 0.3 is 0 Å². The highest BCUT2D eigenvalue weighted by Gasteiger charge is 2.30. The van der Waals surface area contributed by atoms with Gasteiger partial charge in [0.1, 0.15) is 28.5 Å². The summed E-state index contributed by atoms with van der Waals surface area (Å²) in [6.45, 7) is 5.11. The Morgan fingerprint density at radius 3 is 2.59 bits per heavy atom. The number of ether oxygens (including phenoxy) is 1. The van der Waals surface area contributed by atoms with E-state index in [2.05, 4.69) is 16.0 Å². The average Bonchev–Trinajstić information content (AvgIpc) is 3.75. The first-order valence-electron chi connectivity index (χ1n) is 16.5. The molecule has 3 aromatic heterocycles. The van der Waals surface area contributed by atoms with Crippen LogP contribution in [0.1, 0.15) is 64.2 Å². The molecule has 1 aliphatic carbocycles. The van der Waals surface area contributed by atoms with Crippen molar-refractivity contribution in [1.29, 1.82) is 0 Å². The van der Waals surface area contributed by atoms with Crippen LogP contribution in [0.2, 0.25) is 0 Å². The average molecular weight is 671 g/mol. The van der Waals surface area contributed by atoms with Crippen molar-refractivity contribution in [3.63, 3.8) is 0 Å². The molecule has 1 saturated heterocycles. The predicted octanol–water partition coefficient (Wildman–Crippen LogP) is 5.11. The summed E-state index contributed by atoms with van der Waals surface area (Å²) in [4.78, 5) is 36.8. The Kier molecular flexibility index (Phi) is 8.35. The lowest BCUT2D eigenvalue weighted by atomic mass is 10.1. The molecule has 0 unspecified atom stereocenters. The number of imidazole rings is 1. The summed E-state index contributed by atoms with van der Waals surface area (Å²) < 4.78 is 38.0. The van der Waals surface area contributed by atoms with Crippen LogP contribution in [0.25, 0.3) is 33.6 Å². The maximum Gasteiger partial charge on any atom is 0.268 e. The number of aromatic nitrogens is 4. The highest BCUT2D eigenvalue weighted by molar-refractivity contribution is 6.00. The smallest absolute Gasteiger partial charge is 0.268 e. The largest absolute Gasteiger partial charge is 0.494 e. The van der Waals surface area contributed by atoms with Gasteiger partial charge in [-0.15, -0.1) is 0 Å². The minimum atomic E-state index is -0.812. The maximum absolute atomic E-state index is 14.2. The van der Waals surface area contributed by atoms with Crippen molar-refractivity contribution < 1.29 is 23.1 Å². The van der Waals surface area contributed by atoms with Crippen molar-refractivity contribution in [2.45, 2.75) is 51.7 Å². The van der Waals surface area contributed by atoms with Crippen LogP contribution in [-0.4, -0.2) is 74.2 Å². The fourth-order valence-electron chi connectivity index (χ4n) is 6.67. The molecule has 7 rings (SSSR count). The first-order valence-corrected chi connectivity index (χ1v) is 16.5. The van der Waals surface area contributed by atoms with Gasteiger partial charge in [-0.05, 0) is 81.0 Å². The van der Waals surface area contributed by atoms with Gasteiger partial charge in [0, 0.05) is 55.8 Å². The molecule has 2 atom stereocenters. The van der Waals surface area contributed by atoms with E-state index in [0.717, 1.165) is 60.2 Å². The molecule has 1 aliphatic heterocycles. The molecule has 256 valence electrons. The standard InChI is InChI=1S/C36H40F2N8O3/c1-19-26(15-24(37)16-27(19)38)35(47)40-20(2)28-9-8-22-13-30(45(33(22)41-28)17-21-6-7-21)34-42-29-12-23(14-31(49-5)32(29)44(34)4)36(48)46-18-25(39)10-11-43(46)3/h8-9,12-16,20-21,25H,6-7,10-11,17-18,39H2,1-5H3,(H,40,47)/t20-,25-/m1/s1. The number of carbonyl (C=O) groups is 2. The predicted molar refractivity (Wildman–Crippen MR) is 182 cm³/mol. The second kappa shape index (κ2) is 12.5. The number of pyridine rings is 1. The number of nitrogens with one attached hydrogen (secondary N) is 1. The van der Waals surface area contributed by atoms with Crippen molar-refractivity contribution in [2.75, 3.05) is 27.2 Å². The monoisotopic (exact) mass is 670 g/mol. The van der Waals surface area contributed by atoms with Crippen molar-refractivity contribution in [3.05, 3.63) is 76.5 Å². The van der Waals surface area contributed by atoms with Gasteiger partial charge in [-0.2, -0.15) is 0 Å². The van der Waals surface area contributed by atoms with Crippen molar-refractivity contribution in [3.8, 4) is 17.3 Å². The van der Waals surface area contributed by atoms with E-state index in [1.165, 1.54) is 6.92 Å².